The lowest BCUT2D eigenvalue weighted by molar-refractivity contribution is 0.401. The lowest BCUT2D eigenvalue weighted by atomic mass is 10.1. The molecule has 1 fully saturated rings. The minimum Gasteiger partial charge on any atom is -0.495 e. The van der Waals surface area contributed by atoms with Gasteiger partial charge in [-0.15, -0.1) is 0 Å². The zero-order valence-electron chi connectivity index (χ0n) is 11.8. The molecular formula is C14H22N2O3S. The molecule has 1 aliphatic rings. The van der Waals surface area contributed by atoms with Gasteiger partial charge in [-0.25, -0.2) is 13.1 Å². The summed E-state index contributed by atoms with van der Waals surface area (Å²) in [5.41, 5.74) is 6.10. The third-order valence-electron chi connectivity index (χ3n) is 3.65. The summed E-state index contributed by atoms with van der Waals surface area (Å²) in [6, 6.07) is 4.66. The molecule has 0 heterocycles. The fourth-order valence-corrected chi connectivity index (χ4v) is 4.09. The molecule has 0 saturated heterocycles. The first-order chi connectivity index (χ1) is 9.53. The molecule has 0 radical (unpaired) electrons. The second kappa shape index (κ2) is 6.45. The van der Waals surface area contributed by atoms with E-state index in [1.807, 2.05) is 0 Å². The normalized spacial score (nSPS) is 17.6. The van der Waals surface area contributed by atoms with E-state index in [1.54, 1.807) is 12.1 Å². The quantitative estimate of drug-likeness (QED) is 0.660. The van der Waals surface area contributed by atoms with Crippen LogP contribution in [-0.2, 0) is 10.0 Å². The number of benzene rings is 1. The summed E-state index contributed by atoms with van der Waals surface area (Å²) in [5, 5.41) is 0. The van der Waals surface area contributed by atoms with Gasteiger partial charge in [-0.2, -0.15) is 0 Å². The highest BCUT2D eigenvalue weighted by molar-refractivity contribution is 7.89. The Morgan fingerprint density at radius 2 is 1.85 bits per heavy atom. The van der Waals surface area contributed by atoms with Crippen LogP contribution in [0.3, 0.4) is 0 Å². The van der Waals surface area contributed by atoms with Crippen molar-refractivity contribution < 1.29 is 13.2 Å². The maximum atomic E-state index is 12.5. The second-order valence-electron chi connectivity index (χ2n) is 5.22. The first-order valence-corrected chi connectivity index (χ1v) is 8.47. The average Bonchev–Trinajstić information content (AvgIpc) is 2.67. The molecule has 0 atom stereocenters. The van der Waals surface area contributed by atoms with E-state index in [2.05, 4.69) is 4.72 Å². The lowest BCUT2D eigenvalue weighted by Crippen LogP contribution is -2.34. The number of nitrogens with one attached hydrogen (secondary N) is 1. The average molecular weight is 298 g/mol. The van der Waals surface area contributed by atoms with E-state index in [-0.39, 0.29) is 10.9 Å². The molecule has 0 bridgehead atoms. The molecule has 20 heavy (non-hydrogen) atoms. The fourth-order valence-electron chi connectivity index (χ4n) is 2.58. The molecule has 5 nitrogen and oxygen atoms in total. The molecule has 1 aliphatic carbocycles. The topological polar surface area (TPSA) is 81.4 Å². The van der Waals surface area contributed by atoms with Crippen LogP contribution in [0.25, 0.3) is 0 Å². The van der Waals surface area contributed by atoms with Gasteiger partial charge in [-0.05, 0) is 31.0 Å². The highest BCUT2D eigenvalue weighted by atomic mass is 32.2. The summed E-state index contributed by atoms with van der Waals surface area (Å²) in [7, 11) is -2.14. The Hall–Kier alpha value is -1.27. The molecule has 0 aliphatic heterocycles. The Bertz CT molecular complexity index is 550. The highest BCUT2D eigenvalue weighted by Crippen LogP contribution is 2.27. The molecule has 112 valence electrons. The SMILES string of the molecule is COc1ccc(N)cc1S(=O)(=O)NC1CCCCCC1. The first-order valence-electron chi connectivity index (χ1n) is 6.99. The Balaban J connectivity index is 2.23. The van der Waals surface area contributed by atoms with Crippen LogP contribution in [0.1, 0.15) is 38.5 Å². The summed E-state index contributed by atoms with van der Waals surface area (Å²) >= 11 is 0. The van der Waals surface area contributed by atoms with E-state index in [0.717, 1.165) is 25.7 Å². The largest absolute Gasteiger partial charge is 0.495 e. The van der Waals surface area contributed by atoms with Gasteiger partial charge in [0.05, 0.1) is 7.11 Å². The molecule has 3 N–H and O–H groups in total. The van der Waals surface area contributed by atoms with Crippen LogP contribution < -0.4 is 15.2 Å². The maximum absolute atomic E-state index is 12.5. The van der Waals surface area contributed by atoms with Gasteiger partial charge in [-0.3, -0.25) is 0 Å². The molecule has 2 rings (SSSR count). The van der Waals surface area contributed by atoms with Crippen LogP contribution >= 0.6 is 0 Å². The lowest BCUT2D eigenvalue weighted by Gasteiger charge is -2.18. The third-order valence-corrected chi connectivity index (χ3v) is 5.20. The van der Waals surface area contributed by atoms with Crippen molar-refractivity contribution in [2.24, 2.45) is 0 Å². The minimum absolute atomic E-state index is 0.00800. The zero-order chi connectivity index (χ0) is 14.6. The summed E-state index contributed by atoms with van der Waals surface area (Å²) in [6.07, 6.45) is 6.29. The fraction of sp³-hybridized carbons (Fsp3) is 0.571. The van der Waals surface area contributed by atoms with Crippen molar-refractivity contribution in [3.63, 3.8) is 0 Å². The maximum Gasteiger partial charge on any atom is 0.244 e. The number of nitrogen functional groups attached to an aromatic ring is 1. The Kier molecular flexibility index (Phi) is 4.88. The predicted octanol–water partition coefficient (Wildman–Crippen LogP) is 2.28. The van der Waals surface area contributed by atoms with Crippen molar-refractivity contribution in [2.45, 2.75) is 49.5 Å². The molecule has 0 spiro atoms. The number of ether oxygens (including phenoxy) is 1. The number of methoxy groups -OCH3 is 1. The van der Waals surface area contributed by atoms with Gasteiger partial charge in [0.2, 0.25) is 10.0 Å². The van der Waals surface area contributed by atoms with E-state index in [1.165, 1.54) is 26.0 Å². The first kappa shape index (κ1) is 15.1. The van der Waals surface area contributed by atoms with Crippen molar-refractivity contribution in [1.82, 2.24) is 4.72 Å². The third kappa shape index (κ3) is 3.64. The predicted molar refractivity (Wildman–Crippen MR) is 79.2 cm³/mol. The van der Waals surface area contributed by atoms with Gasteiger partial charge in [0, 0.05) is 11.7 Å². The van der Waals surface area contributed by atoms with Crippen LogP contribution in [-0.4, -0.2) is 21.6 Å². The van der Waals surface area contributed by atoms with Crippen LogP contribution in [0.5, 0.6) is 5.75 Å². The molecule has 1 aromatic rings. The van der Waals surface area contributed by atoms with Crippen LogP contribution in [0, 0.1) is 0 Å². The van der Waals surface area contributed by atoms with E-state index < -0.39 is 10.0 Å². The standard InChI is InChI=1S/C14H22N2O3S/c1-19-13-9-8-11(15)10-14(13)20(17,18)16-12-6-4-2-3-5-7-12/h8-10,12,16H,2-7,15H2,1H3. The Labute approximate surface area is 120 Å². The summed E-state index contributed by atoms with van der Waals surface area (Å²) in [5.74, 6) is 0.320. The summed E-state index contributed by atoms with van der Waals surface area (Å²) in [4.78, 5) is 0.115. The number of nitrogens with two attached hydrogens (primary N) is 1. The van der Waals surface area contributed by atoms with E-state index in [9.17, 15) is 8.42 Å². The van der Waals surface area contributed by atoms with Crippen molar-refractivity contribution >= 4 is 15.7 Å². The minimum atomic E-state index is -3.60. The molecule has 6 heteroatoms. The molecule has 0 unspecified atom stereocenters. The smallest absolute Gasteiger partial charge is 0.244 e. The second-order valence-corrected chi connectivity index (χ2v) is 6.90. The molecule has 1 aromatic carbocycles. The molecule has 0 aromatic heterocycles. The van der Waals surface area contributed by atoms with Crippen molar-refractivity contribution in [3.8, 4) is 5.75 Å². The monoisotopic (exact) mass is 298 g/mol. The molecule has 1 saturated carbocycles. The number of hydrogen-bond donors (Lipinski definition) is 2. The molecular weight excluding hydrogens is 276 g/mol. The van der Waals surface area contributed by atoms with Gasteiger partial charge in [0.15, 0.2) is 0 Å². The highest BCUT2D eigenvalue weighted by Gasteiger charge is 2.24. The zero-order valence-corrected chi connectivity index (χ0v) is 12.6. The van der Waals surface area contributed by atoms with Gasteiger partial charge < -0.3 is 10.5 Å². The van der Waals surface area contributed by atoms with Gasteiger partial charge in [0.1, 0.15) is 10.6 Å². The summed E-state index contributed by atoms with van der Waals surface area (Å²) < 4.78 is 32.9. The van der Waals surface area contributed by atoms with E-state index in [0.29, 0.717) is 11.4 Å². The summed E-state index contributed by atoms with van der Waals surface area (Å²) in [6.45, 7) is 0. The number of anilines is 1. The Morgan fingerprint density at radius 3 is 2.45 bits per heavy atom. The van der Waals surface area contributed by atoms with Crippen molar-refractivity contribution in [2.75, 3.05) is 12.8 Å². The van der Waals surface area contributed by atoms with Gasteiger partial charge >= 0.3 is 0 Å². The number of rotatable bonds is 4. The van der Waals surface area contributed by atoms with Gasteiger partial charge in [-0.1, -0.05) is 25.7 Å². The van der Waals surface area contributed by atoms with E-state index in [4.69, 9.17) is 10.5 Å². The molecule has 0 amide bonds. The van der Waals surface area contributed by atoms with Crippen LogP contribution in [0.2, 0.25) is 0 Å². The number of hydrogen-bond acceptors (Lipinski definition) is 4. The van der Waals surface area contributed by atoms with Crippen LogP contribution in [0.15, 0.2) is 23.1 Å². The van der Waals surface area contributed by atoms with Crippen molar-refractivity contribution in [3.05, 3.63) is 18.2 Å². The Morgan fingerprint density at radius 1 is 1.20 bits per heavy atom. The van der Waals surface area contributed by atoms with Crippen LogP contribution in [0.4, 0.5) is 5.69 Å². The van der Waals surface area contributed by atoms with Crippen molar-refractivity contribution in [1.29, 1.82) is 0 Å². The number of sulfonamides is 1. The van der Waals surface area contributed by atoms with E-state index >= 15 is 0 Å². The van der Waals surface area contributed by atoms with Gasteiger partial charge in [0.25, 0.3) is 0 Å².